The lowest BCUT2D eigenvalue weighted by Crippen LogP contribution is -2.28. The van der Waals surface area contributed by atoms with Gasteiger partial charge >= 0.3 is 5.97 Å². The number of carbonyl (C=O) groups is 1. The van der Waals surface area contributed by atoms with Crippen molar-refractivity contribution >= 4 is 17.4 Å². The summed E-state index contributed by atoms with van der Waals surface area (Å²) in [5.74, 6) is -3.09. The van der Waals surface area contributed by atoms with Crippen LogP contribution in [0.5, 0.6) is 0 Å². The van der Waals surface area contributed by atoms with Crippen LogP contribution in [0, 0.1) is 6.92 Å². The summed E-state index contributed by atoms with van der Waals surface area (Å²) in [4.78, 5) is 22.0. The molecular formula is C14H16F2N4O2. The highest BCUT2D eigenvalue weighted by atomic mass is 19.3. The highest BCUT2D eigenvalue weighted by molar-refractivity contribution is 5.96. The summed E-state index contributed by atoms with van der Waals surface area (Å²) >= 11 is 0. The maximum absolute atomic E-state index is 13.5. The Labute approximate surface area is 125 Å². The van der Waals surface area contributed by atoms with Gasteiger partial charge in [-0.3, -0.25) is 4.40 Å². The van der Waals surface area contributed by atoms with Crippen molar-refractivity contribution in [1.29, 1.82) is 0 Å². The van der Waals surface area contributed by atoms with Crippen molar-refractivity contribution in [2.24, 2.45) is 0 Å². The Morgan fingerprint density at radius 2 is 2.27 bits per heavy atom. The van der Waals surface area contributed by atoms with Gasteiger partial charge in [0, 0.05) is 18.7 Å². The molecule has 1 saturated heterocycles. The average molecular weight is 310 g/mol. The zero-order chi connectivity index (χ0) is 15.9. The summed E-state index contributed by atoms with van der Waals surface area (Å²) in [5, 5.41) is 0. The molecule has 6 nitrogen and oxygen atoms in total. The number of alkyl halides is 2. The van der Waals surface area contributed by atoms with E-state index in [1.807, 2.05) is 0 Å². The topological polar surface area (TPSA) is 59.7 Å². The number of hydrogen-bond acceptors (Lipinski definition) is 5. The van der Waals surface area contributed by atoms with Crippen LogP contribution in [-0.4, -0.2) is 46.0 Å². The molecule has 0 atom stereocenters. The molecule has 2 aromatic heterocycles. The smallest absolute Gasteiger partial charge is 0.343 e. The van der Waals surface area contributed by atoms with E-state index in [-0.39, 0.29) is 31.0 Å². The van der Waals surface area contributed by atoms with Gasteiger partial charge in [0.25, 0.3) is 5.92 Å². The highest BCUT2D eigenvalue weighted by Crippen LogP contribution is 2.33. The Balaban J connectivity index is 2.14. The third kappa shape index (κ3) is 2.38. The highest BCUT2D eigenvalue weighted by Gasteiger charge is 2.40. The maximum atomic E-state index is 13.5. The minimum atomic E-state index is -2.77. The van der Waals surface area contributed by atoms with Crippen LogP contribution in [-0.2, 0) is 4.74 Å². The minimum absolute atomic E-state index is 0.149. The molecule has 2 aromatic rings. The number of hydrogen-bond donors (Lipinski definition) is 0. The van der Waals surface area contributed by atoms with Crippen molar-refractivity contribution in [2.75, 3.05) is 24.6 Å². The number of carbonyl (C=O) groups excluding carboxylic acids is 1. The van der Waals surface area contributed by atoms with Gasteiger partial charge in [-0.15, -0.1) is 0 Å². The Morgan fingerprint density at radius 3 is 2.91 bits per heavy atom. The van der Waals surface area contributed by atoms with Crippen LogP contribution in [0.25, 0.3) is 5.65 Å². The second kappa shape index (κ2) is 5.19. The predicted molar refractivity (Wildman–Crippen MR) is 75.5 cm³/mol. The molecule has 0 saturated carbocycles. The first-order chi connectivity index (χ1) is 10.4. The van der Waals surface area contributed by atoms with E-state index in [0.29, 0.717) is 11.3 Å². The molecule has 1 fully saturated rings. The van der Waals surface area contributed by atoms with Gasteiger partial charge < -0.3 is 9.64 Å². The largest absolute Gasteiger partial charge is 0.462 e. The standard InChI is InChI=1S/C14H16F2N4O2/c1-3-22-13(21)11-9(2)20-8-17-6-10(20)18-12(11)19-5-4-14(15,16)7-19/h6,8H,3-5,7H2,1-2H3. The van der Waals surface area contributed by atoms with E-state index in [9.17, 15) is 13.6 Å². The lowest BCUT2D eigenvalue weighted by molar-refractivity contribution is 0.0255. The second-order valence-corrected chi connectivity index (χ2v) is 5.27. The van der Waals surface area contributed by atoms with Crippen molar-refractivity contribution < 1.29 is 18.3 Å². The van der Waals surface area contributed by atoms with Crippen LogP contribution in [0.15, 0.2) is 12.5 Å². The fourth-order valence-electron chi connectivity index (χ4n) is 2.66. The summed E-state index contributed by atoms with van der Waals surface area (Å²) < 4.78 is 33.7. The van der Waals surface area contributed by atoms with E-state index in [4.69, 9.17) is 4.74 Å². The van der Waals surface area contributed by atoms with Crippen molar-refractivity contribution in [3.05, 3.63) is 23.8 Å². The summed E-state index contributed by atoms with van der Waals surface area (Å²) in [6, 6.07) is 0. The number of aryl methyl sites for hydroxylation is 1. The quantitative estimate of drug-likeness (QED) is 0.812. The summed E-state index contributed by atoms with van der Waals surface area (Å²) in [6.07, 6.45) is 2.81. The monoisotopic (exact) mass is 310 g/mol. The second-order valence-electron chi connectivity index (χ2n) is 5.27. The van der Waals surface area contributed by atoms with Gasteiger partial charge in [-0.2, -0.15) is 0 Å². The van der Waals surface area contributed by atoms with Gasteiger partial charge in [0.15, 0.2) is 5.65 Å². The number of anilines is 1. The number of esters is 1. The number of aromatic nitrogens is 3. The number of imidazole rings is 1. The number of rotatable bonds is 3. The normalized spacial score (nSPS) is 17.2. The van der Waals surface area contributed by atoms with Crippen LogP contribution < -0.4 is 4.90 Å². The minimum Gasteiger partial charge on any atom is -0.462 e. The molecule has 118 valence electrons. The molecule has 1 aliphatic heterocycles. The van der Waals surface area contributed by atoms with E-state index < -0.39 is 18.4 Å². The van der Waals surface area contributed by atoms with Crippen molar-refractivity contribution in [3.63, 3.8) is 0 Å². The van der Waals surface area contributed by atoms with Crippen molar-refractivity contribution in [1.82, 2.24) is 14.4 Å². The molecule has 0 amide bonds. The third-order valence-corrected chi connectivity index (χ3v) is 3.73. The van der Waals surface area contributed by atoms with E-state index in [1.54, 1.807) is 18.2 Å². The van der Waals surface area contributed by atoms with Crippen LogP contribution in [0.3, 0.4) is 0 Å². The molecular weight excluding hydrogens is 294 g/mol. The van der Waals surface area contributed by atoms with Crippen LogP contribution in [0.4, 0.5) is 14.6 Å². The van der Waals surface area contributed by atoms with Crippen molar-refractivity contribution in [3.8, 4) is 0 Å². The summed E-state index contributed by atoms with van der Waals surface area (Å²) in [6.45, 7) is 3.32. The van der Waals surface area contributed by atoms with E-state index >= 15 is 0 Å². The molecule has 3 rings (SSSR count). The Hall–Kier alpha value is -2.25. The molecule has 0 aliphatic carbocycles. The molecule has 8 heteroatoms. The first-order valence-corrected chi connectivity index (χ1v) is 7.05. The fourth-order valence-corrected chi connectivity index (χ4v) is 2.66. The Morgan fingerprint density at radius 1 is 1.50 bits per heavy atom. The molecule has 3 heterocycles. The maximum Gasteiger partial charge on any atom is 0.343 e. The van der Waals surface area contributed by atoms with Crippen LogP contribution >= 0.6 is 0 Å². The zero-order valence-corrected chi connectivity index (χ0v) is 12.3. The van der Waals surface area contributed by atoms with E-state index in [1.165, 1.54) is 17.4 Å². The van der Waals surface area contributed by atoms with Gasteiger partial charge in [-0.25, -0.2) is 23.5 Å². The molecule has 0 bridgehead atoms. The van der Waals surface area contributed by atoms with Crippen LogP contribution in [0.1, 0.15) is 29.4 Å². The number of halogens is 2. The summed E-state index contributed by atoms with van der Waals surface area (Å²) in [7, 11) is 0. The predicted octanol–water partition coefficient (Wildman–Crippen LogP) is 2.06. The molecule has 0 N–H and O–H groups in total. The molecule has 0 unspecified atom stereocenters. The third-order valence-electron chi connectivity index (χ3n) is 3.73. The molecule has 22 heavy (non-hydrogen) atoms. The van der Waals surface area contributed by atoms with E-state index in [0.717, 1.165) is 0 Å². The number of nitrogens with zero attached hydrogens (tertiary/aromatic N) is 4. The van der Waals surface area contributed by atoms with Gasteiger partial charge in [0.2, 0.25) is 0 Å². The average Bonchev–Trinajstić information content (AvgIpc) is 3.04. The number of fused-ring (bicyclic) bond motifs is 1. The lowest BCUT2D eigenvalue weighted by Gasteiger charge is -2.21. The molecule has 0 radical (unpaired) electrons. The summed E-state index contributed by atoms with van der Waals surface area (Å²) in [5.41, 5.74) is 1.30. The van der Waals surface area contributed by atoms with E-state index in [2.05, 4.69) is 9.97 Å². The van der Waals surface area contributed by atoms with Crippen LogP contribution in [0.2, 0.25) is 0 Å². The molecule has 0 spiro atoms. The van der Waals surface area contributed by atoms with Gasteiger partial charge in [0.1, 0.15) is 17.7 Å². The Bertz CT molecular complexity index is 729. The van der Waals surface area contributed by atoms with Crippen molar-refractivity contribution in [2.45, 2.75) is 26.2 Å². The van der Waals surface area contributed by atoms with Gasteiger partial charge in [0.05, 0.1) is 19.3 Å². The zero-order valence-electron chi connectivity index (χ0n) is 12.3. The molecule has 0 aromatic carbocycles. The fraction of sp³-hybridized carbons (Fsp3) is 0.500. The van der Waals surface area contributed by atoms with Gasteiger partial charge in [-0.1, -0.05) is 0 Å². The number of ether oxygens (including phenoxy) is 1. The first kappa shape index (κ1) is 14.7. The lowest BCUT2D eigenvalue weighted by atomic mass is 10.2. The first-order valence-electron chi connectivity index (χ1n) is 7.05. The Kier molecular flexibility index (Phi) is 3.46. The molecule has 1 aliphatic rings. The SMILES string of the molecule is CCOC(=O)c1c(N2CCC(F)(F)C2)nc2cncn2c1C. The van der Waals surface area contributed by atoms with Gasteiger partial charge in [-0.05, 0) is 13.8 Å².